The van der Waals surface area contributed by atoms with Crippen LogP contribution in [0.5, 0.6) is 11.8 Å². The highest BCUT2D eigenvalue weighted by Crippen LogP contribution is 2.47. The fourth-order valence-corrected chi connectivity index (χ4v) is 12.0. The van der Waals surface area contributed by atoms with Crippen LogP contribution in [-0.2, 0) is 27.9 Å². The number of carbonyl (C=O) groups excluding carboxylic acids is 3. The van der Waals surface area contributed by atoms with Crippen LogP contribution in [0, 0.1) is 23.0 Å². The number of carbonyl (C=O) groups is 3. The number of nitrogens with zero attached hydrogens (tertiary/aromatic N) is 9. The van der Waals surface area contributed by atoms with Crippen LogP contribution in [0.15, 0.2) is 48.7 Å². The number of piperidine rings is 3. The number of aryl methyl sites for hydroxylation is 2. The third-order valence-electron chi connectivity index (χ3n) is 16.2. The van der Waals surface area contributed by atoms with Crippen LogP contribution in [0.1, 0.15) is 100 Å². The molecule has 4 saturated heterocycles. The number of imide groups is 1. The molecule has 0 spiro atoms. The van der Waals surface area contributed by atoms with Gasteiger partial charge in [-0.2, -0.15) is 15.1 Å². The number of aromatic nitrogens is 5. The molecule has 0 radical (unpaired) electrons. The van der Waals surface area contributed by atoms with Gasteiger partial charge in [-0.1, -0.05) is 32.0 Å². The number of halogens is 2. The van der Waals surface area contributed by atoms with Gasteiger partial charge in [-0.15, -0.1) is 0 Å². The topological polar surface area (TPSA) is 162 Å². The predicted octanol–water partition coefficient (Wildman–Crippen LogP) is 7.61. The van der Waals surface area contributed by atoms with Crippen LogP contribution in [0.4, 0.5) is 14.6 Å². The Morgan fingerprint density at radius 3 is 2.53 bits per heavy atom. The first-order chi connectivity index (χ1) is 34.8. The Hall–Kier alpha value is -6.33. The van der Waals surface area contributed by atoms with Crippen LogP contribution >= 0.6 is 0 Å². The van der Waals surface area contributed by atoms with Gasteiger partial charge in [-0.3, -0.25) is 34.3 Å². The van der Waals surface area contributed by atoms with E-state index in [1.807, 2.05) is 23.6 Å². The number of rotatable bonds is 12. The average Bonchev–Trinajstić information content (AvgIpc) is 4.12. The molecule has 6 aromatic rings. The summed E-state index contributed by atoms with van der Waals surface area (Å²) in [6, 6.07) is 12.5. The summed E-state index contributed by atoms with van der Waals surface area (Å²) in [6.07, 6.45) is 9.56. The van der Waals surface area contributed by atoms with Gasteiger partial charge in [0.25, 0.3) is 0 Å². The molecule has 0 bridgehead atoms. The third kappa shape index (κ3) is 9.45. The quantitative estimate of drug-likeness (QED) is 0.116. The zero-order valence-corrected chi connectivity index (χ0v) is 41.6. The molecular formula is C55H64F2N10O5. The maximum Gasteiger partial charge on any atom is 0.319 e. The molecule has 3 aromatic heterocycles. The van der Waals surface area contributed by atoms with Crippen LogP contribution in [0.3, 0.4) is 0 Å². The minimum Gasteiger partial charge on any atom is -0.508 e. The molecule has 2 atom stereocenters. The van der Waals surface area contributed by atoms with E-state index in [2.05, 4.69) is 50.1 Å². The third-order valence-corrected chi connectivity index (χ3v) is 16.2. The molecule has 5 fully saturated rings. The lowest BCUT2D eigenvalue weighted by molar-refractivity contribution is -0.134. The van der Waals surface area contributed by atoms with Crippen molar-refractivity contribution >= 4 is 56.1 Å². The number of phenolic OH excluding ortho intramolecular Hbond substituents is 1. The molecule has 7 heterocycles. The van der Waals surface area contributed by atoms with Gasteiger partial charge in [0, 0.05) is 75.3 Å². The number of aromatic hydroxyl groups is 1. The number of ether oxygens (including phenoxy) is 1. The van der Waals surface area contributed by atoms with Gasteiger partial charge in [0.2, 0.25) is 17.7 Å². The Morgan fingerprint density at radius 2 is 1.75 bits per heavy atom. The van der Waals surface area contributed by atoms with Crippen molar-refractivity contribution in [2.75, 3.05) is 77.0 Å². The Balaban J connectivity index is 0.726. The Labute approximate surface area is 417 Å². The summed E-state index contributed by atoms with van der Waals surface area (Å²) >= 11 is 0. The molecule has 1 aliphatic carbocycles. The number of anilines is 1. The number of hydrogen-bond donors (Lipinski definition) is 2. The summed E-state index contributed by atoms with van der Waals surface area (Å²) in [5.41, 5.74) is 3.60. The SMILES string of the molecule is CCc1c(F)ccc2cc(O)cc(-c3ncc4c(N5CCC[C@H](C)C5)nc(OCC5(CN6CCCN(C(=O)CN7CCC(c8ccc9c(C%10CCC(=O)NC%10=O)nn(C)c9c8)CC7)CC6)CC5)nc4c3F)c12. The number of benzene rings is 3. The van der Waals surface area contributed by atoms with Crippen LogP contribution < -0.4 is 15.0 Å². The van der Waals surface area contributed by atoms with Crippen molar-refractivity contribution in [2.24, 2.45) is 18.4 Å². The first-order valence-corrected chi connectivity index (χ1v) is 26.0. The normalized spacial score (nSPS) is 21.4. The minimum absolute atomic E-state index is 0.0241. The highest BCUT2D eigenvalue weighted by atomic mass is 19.1. The van der Waals surface area contributed by atoms with Crippen molar-refractivity contribution in [3.63, 3.8) is 0 Å². The number of likely N-dealkylation sites (tertiary alicyclic amines) is 1. The number of pyridine rings is 1. The van der Waals surface area contributed by atoms with E-state index < -0.39 is 17.6 Å². The van der Waals surface area contributed by atoms with Gasteiger partial charge in [0.15, 0.2) is 5.82 Å². The molecule has 72 heavy (non-hydrogen) atoms. The van der Waals surface area contributed by atoms with Crippen molar-refractivity contribution in [3.8, 4) is 23.0 Å². The van der Waals surface area contributed by atoms with E-state index in [9.17, 15) is 19.5 Å². The van der Waals surface area contributed by atoms with Crippen molar-refractivity contribution in [1.29, 1.82) is 0 Å². The Kier molecular flexibility index (Phi) is 13.1. The standard InChI is InChI=1S/C55H64F2N10O5/c1-4-38-43(56)12-9-36-25-37(68)27-41(47(36)38)50-48(57)51-42(28-58-50)52(67-19-5-7-33(2)29-67)61-54(60-51)72-32-55(16-17-55)31-65-18-6-20-66(24-23-65)46(70)30-64-21-14-34(15-22-64)35-8-10-39-44(26-35)63(3)62-49(39)40-11-13-45(69)59-53(40)71/h8-10,12,25-28,33-34,40,68H,4-7,11,13-24,29-32H2,1-3H3,(H,59,69,71)/t33-,40?/m0/s1. The minimum atomic E-state index is -0.679. The number of phenols is 1. The maximum absolute atomic E-state index is 17.1. The fraction of sp³-hybridized carbons (Fsp3) is 0.509. The summed E-state index contributed by atoms with van der Waals surface area (Å²) in [6.45, 7) is 11.9. The summed E-state index contributed by atoms with van der Waals surface area (Å²) in [5.74, 6) is -0.561. The Bertz CT molecular complexity index is 3100. The highest BCUT2D eigenvalue weighted by molar-refractivity contribution is 6.03. The molecule has 3 aromatic carbocycles. The number of hydrogen-bond acceptors (Lipinski definition) is 12. The molecule has 11 rings (SSSR count). The van der Waals surface area contributed by atoms with E-state index in [0.29, 0.717) is 83.9 Å². The largest absolute Gasteiger partial charge is 0.508 e. The van der Waals surface area contributed by atoms with Crippen LogP contribution in [0.25, 0.3) is 43.8 Å². The van der Waals surface area contributed by atoms with E-state index in [-0.39, 0.29) is 46.1 Å². The first-order valence-electron chi connectivity index (χ1n) is 26.0. The Morgan fingerprint density at radius 1 is 0.917 bits per heavy atom. The predicted molar refractivity (Wildman–Crippen MR) is 271 cm³/mol. The van der Waals surface area contributed by atoms with Crippen LogP contribution in [-0.4, -0.2) is 134 Å². The van der Waals surface area contributed by atoms with Gasteiger partial charge in [-0.25, -0.2) is 8.78 Å². The second-order valence-electron chi connectivity index (χ2n) is 21.3. The second kappa shape index (κ2) is 19.6. The molecular weight excluding hydrogens is 919 g/mol. The van der Waals surface area contributed by atoms with Gasteiger partial charge in [0.1, 0.15) is 28.6 Å². The molecule has 5 aliphatic rings. The first kappa shape index (κ1) is 48.0. The number of fused-ring (bicyclic) bond motifs is 3. The number of amides is 3. The zero-order chi connectivity index (χ0) is 49.8. The summed E-state index contributed by atoms with van der Waals surface area (Å²) in [5, 5.41) is 20.4. The molecule has 15 nitrogen and oxygen atoms in total. The van der Waals surface area contributed by atoms with Gasteiger partial charge < -0.3 is 24.5 Å². The van der Waals surface area contributed by atoms with Gasteiger partial charge >= 0.3 is 6.01 Å². The average molecular weight is 983 g/mol. The van der Waals surface area contributed by atoms with E-state index in [4.69, 9.17) is 19.8 Å². The monoisotopic (exact) mass is 983 g/mol. The van der Waals surface area contributed by atoms with Gasteiger partial charge in [-0.05, 0) is 135 Å². The molecule has 1 saturated carbocycles. The summed E-state index contributed by atoms with van der Waals surface area (Å²) in [4.78, 5) is 61.4. The van der Waals surface area contributed by atoms with Crippen molar-refractivity contribution in [3.05, 3.63) is 77.1 Å². The zero-order valence-electron chi connectivity index (χ0n) is 41.6. The summed E-state index contributed by atoms with van der Waals surface area (Å²) in [7, 11) is 1.90. The maximum atomic E-state index is 17.1. The molecule has 378 valence electrons. The van der Waals surface area contributed by atoms with E-state index in [0.717, 1.165) is 114 Å². The second-order valence-corrected chi connectivity index (χ2v) is 21.3. The van der Waals surface area contributed by atoms with E-state index in [1.54, 1.807) is 18.3 Å². The highest BCUT2D eigenvalue weighted by Gasteiger charge is 2.45. The van der Waals surface area contributed by atoms with Crippen molar-refractivity contribution < 1.29 is 33.0 Å². The van der Waals surface area contributed by atoms with E-state index in [1.165, 1.54) is 17.7 Å². The molecule has 3 amide bonds. The van der Waals surface area contributed by atoms with E-state index >= 15 is 8.78 Å². The molecule has 17 heteroatoms. The molecule has 1 unspecified atom stereocenters. The van der Waals surface area contributed by atoms with Crippen LogP contribution in [0.2, 0.25) is 0 Å². The van der Waals surface area contributed by atoms with Gasteiger partial charge in [0.05, 0.1) is 35.7 Å². The smallest absolute Gasteiger partial charge is 0.319 e. The lowest BCUT2D eigenvalue weighted by atomic mass is 9.88. The fourth-order valence-electron chi connectivity index (χ4n) is 12.0. The molecule has 4 aliphatic heterocycles. The van der Waals surface area contributed by atoms with Crippen molar-refractivity contribution in [1.82, 2.24) is 44.7 Å². The lowest BCUT2D eigenvalue weighted by Crippen LogP contribution is -2.44. The number of nitrogens with one attached hydrogen (secondary N) is 1. The summed E-state index contributed by atoms with van der Waals surface area (Å²) < 4.78 is 40.7. The lowest BCUT2D eigenvalue weighted by Gasteiger charge is -2.33. The molecule has 2 N–H and O–H groups in total. The van der Waals surface area contributed by atoms with Crippen molar-refractivity contribution in [2.45, 2.75) is 89.9 Å².